The average Bonchev–Trinajstić information content (AvgIpc) is 3.24. The van der Waals surface area contributed by atoms with Gasteiger partial charge in [-0.15, -0.1) is 0 Å². The van der Waals surface area contributed by atoms with Crippen LogP contribution in [0.1, 0.15) is 0 Å². The first-order valence-electron chi connectivity index (χ1n) is 17.6. The third-order valence-electron chi connectivity index (χ3n) is 10.2. The summed E-state index contributed by atoms with van der Waals surface area (Å²) >= 11 is 0. The lowest BCUT2D eigenvalue weighted by Gasteiger charge is -2.16. The van der Waals surface area contributed by atoms with Crippen molar-refractivity contribution in [2.24, 2.45) is 0 Å². The molecular formula is C49H31N3. The summed E-state index contributed by atoms with van der Waals surface area (Å²) in [5.74, 6) is 0.692. The molecule has 0 radical (unpaired) electrons. The van der Waals surface area contributed by atoms with Crippen LogP contribution in [0.4, 0.5) is 0 Å². The van der Waals surface area contributed by atoms with Gasteiger partial charge in [0.2, 0.25) is 0 Å². The zero-order valence-electron chi connectivity index (χ0n) is 28.2. The van der Waals surface area contributed by atoms with Crippen LogP contribution >= 0.6 is 0 Å². The van der Waals surface area contributed by atoms with E-state index in [-0.39, 0.29) is 0 Å². The lowest BCUT2D eigenvalue weighted by molar-refractivity contribution is 1.18. The van der Waals surface area contributed by atoms with E-state index in [0.717, 1.165) is 39.2 Å². The Kier molecular flexibility index (Phi) is 7.14. The molecule has 10 aromatic rings. The molecule has 0 spiro atoms. The van der Waals surface area contributed by atoms with Gasteiger partial charge in [0.15, 0.2) is 5.82 Å². The normalized spacial score (nSPS) is 11.5. The molecule has 0 bridgehead atoms. The molecule has 2 aromatic heterocycles. The Labute approximate surface area is 301 Å². The van der Waals surface area contributed by atoms with Gasteiger partial charge < -0.3 is 0 Å². The van der Waals surface area contributed by atoms with E-state index in [2.05, 4.69) is 157 Å². The van der Waals surface area contributed by atoms with Crippen molar-refractivity contribution in [2.75, 3.05) is 0 Å². The van der Waals surface area contributed by atoms with E-state index in [9.17, 15) is 0 Å². The van der Waals surface area contributed by atoms with Crippen LogP contribution in [0.3, 0.4) is 0 Å². The Hall–Kier alpha value is -6.97. The Morgan fingerprint density at radius 1 is 0.308 bits per heavy atom. The topological polar surface area (TPSA) is 38.7 Å². The fourth-order valence-electron chi connectivity index (χ4n) is 7.76. The minimum atomic E-state index is 0.692. The van der Waals surface area contributed by atoms with Gasteiger partial charge in [-0.25, -0.2) is 9.97 Å². The molecule has 0 unspecified atom stereocenters. The smallest absolute Gasteiger partial charge is 0.160 e. The van der Waals surface area contributed by atoms with Crippen LogP contribution in [0.5, 0.6) is 0 Å². The summed E-state index contributed by atoms with van der Waals surface area (Å²) in [4.78, 5) is 14.7. The minimum absolute atomic E-state index is 0.692. The van der Waals surface area contributed by atoms with Crippen molar-refractivity contribution >= 4 is 43.1 Å². The van der Waals surface area contributed by atoms with Gasteiger partial charge in [-0.1, -0.05) is 158 Å². The zero-order chi connectivity index (χ0) is 34.4. The summed E-state index contributed by atoms with van der Waals surface area (Å²) in [6.07, 6.45) is 3.70. The second-order valence-electron chi connectivity index (χ2n) is 13.2. The van der Waals surface area contributed by atoms with Crippen molar-refractivity contribution in [3.05, 3.63) is 188 Å². The van der Waals surface area contributed by atoms with E-state index < -0.39 is 0 Å². The summed E-state index contributed by atoms with van der Waals surface area (Å²) in [6, 6.07) is 62.4. The quantitative estimate of drug-likeness (QED) is 0.172. The second-order valence-corrected chi connectivity index (χ2v) is 13.2. The fraction of sp³-hybridized carbons (Fsp3) is 0. The number of benzene rings is 8. The predicted molar refractivity (Wildman–Crippen MR) is 217 cm³/mol. The van der Waals surface area contributed by atoms with Crippen molar-refractivity contribution in [2.45, 2.75) is 0 Å². The molecule has 242 valence electrons. The van der Waals surface area contributed by atoms with Gasteiger partial charge in [-0.2, -0.15) is 0 Å². The van der Waals surface area contributed by atoms with Crippen LogP contribution in [0.25, 0.3) is 99.2 Å². The van der Waals surface area contributed by atoms with Crippen LogP contribution in [-0.4, -0.2) is 15.0 Å². The number of hydrogen-bond donors (Lipinski definition) is 0. The maximum atomic E-state index is 5.13. The SMILES string of the molecule is c1ccc(-c2nc(-c3ccc(-c4cc5c6ccccc6c6ccccc6c5c5ccccc45)cc3)cc(-c3ccccc3-c3cccnc3)n2)cc1. The summed E-state index contributed by atoms with van der Waals surface area (Å²) in [5, 5.41) is 10.2. The monoisotopic (exact) mass is 661 g/mol. The average molecular weight is 662 g/mol. The first kappa shape index (κ1) is 29.9. The van der Waals surface area contributed by atoms with Crippen molar-refractivity contribution < 1.29 is 0 Å². The highest BCUT2D eigenvalue weighted by Gasteiger charge is 2.17. The molecule has 52 heavy (non-hydrogen) atoms. The molecule has 10 rings (SSSR count). The second kappa shape index (κ2) is 12.4. The van der Waals surface area contributed by atoms with Gasteiger partial charge in [0.25, 0.3) is 0 Å². The van der Waals surface area contributed by atoms with E-state index in [1.807, 2.05) is 30.5 Å². The van der Waals surface area contributed by atoms with Crippen molar-refractivity contribution in [3.63, 3.8) is 0 Å². The molecule has 2 heterocycles. The molecule has 0 N–H and O–H groups in total. The molecule has 0 aliphatic rings. The molecule has 8 aromatic carbocycles. The largest absolute Gasteiger partial charge is 0.264 e. The Bertz CT molecular complexity index is 2930. The maximum absolute atomic E-state index is 5.13. The summed E-state index contributed by atoms with van der Waals surface area (Å²) < 4.78 is 0. The van der Waals surface area contributed by atoms with E-state index in [1.165, 1.54) is 54.2 Å². The van der Waals surface area contributed by atoms with E-state index >= 15 is 0 Å². The number of fused-ring (bicyclic) bond motifs is 8. The van der Waals surface area contributed by atoms with Crippen molar-refractivity contribution in [1.82, 2.24) is 15.0 Å². The summed E-state index contributed by atoms with van der Waals surface area (Å²) in [6.45, 7) is 0. The van der Waals surface area contributed by atoms with Gasteiger partial charge in [0.1, 0.15) is 0 Å². The molecular weight excluding hydrogens is 631 g/mol. The van der Waals surface area contributed by atoms with E-state index in [0.29, 0.717) is 5.82 Å². The van der Waals surface area contributed by atoms with Crippen molar-refractivity contribution in [1.29, 1.82) is 0 Å². The molecule has 0 aliphatic carbocycles. The summed E-state index contributed by atoms with van der Waals surface area (Å²) in [5.41, 5.74) is 9.30. The first-order chi connectivity index (χ1) is 25.8. The number of hydrogen-bond acceptors (Lipinski definition) is 3. The van der Waals surface area contributed by atoms with E-state index in [1.54, 1.807) is 6.20 Å². The highest BCUT2D eigenvalue weighted by molar-refractivity contribution is 6.33. The fourth-order valence-corrected chi connectivity index (χ4v) is 7.76. The van der Waals surface area contributed by atoms with Crippen LogP contribution in [-0.2, 0) is 0 Å². The third kappa shape index (κ3) is 5.02. The van der Waals surface area contributed by atoms with Crippen LogP contribution in [0.15, 0.2) is 188 Å². The first-order valence-corrected chi connectivity index (χ1v) is 17.6. The Morgan fingerprint density at radius 2 is 0.846 bits per heavy atom. The number of aromatic nitrogens is 3. The lowest BCUT2D eigenvalue weighted by atomic mass is 9.87. The highest BCUT2D eigenvalue weighted by atomic mass is 14.9. The Balaban J connectivity index is 1.15. The van der Waals surface area contributed by atoms with Gasteiger partial charge in [-0.05, 0) is 78.0 Å². The van der Waals surface area contributed by atoms with E-state index in [4.69, 9.17) is 9.97 Å². The van der Waals surface area contributed by atoms with Crippen molar-refractivity contribution in [3.8, 4) is 56.2 Å². The standard InChI is InChI=1S/C49H31N3/c1-2-13-34(14-3-1)49-51-46(30-47(52-49)41-21-9-4-16-36(41)35-15-12-28-50-31-35)33-26-24-32(25-27-33)44-29-45-39-19-6-5-17-37(39)38-18-7-10-22-42(38)48(45)43-23-11-8-20-40(43)44/h1-31H. The lowest BCUT2D eigenvalue weighted by Crippen LogP contribution is -1.97. The summed E-state index contributed by atoms with van der Waals surface area (Å²) in [7, 11) is 0. The van der Waals surface area contributed by atoms with Gasteiger partial charge >= 0.3 is 0 Å². The molecule has 0 saturated carbocycles. The molecule has 3 heteroatoms. The van der Waals surface area contributed by atoms with Crippen LogP contribution in [0, 0.1) is 0 Å². The third-order valence-corrected chi connectivity index (χ3v) is 10.2. The molecule has 0 saturated heterocycles. The highest BCUT2D eigenvalue weighted by Crippen LogP contribution is 2.43. The van der Waals surface area contributed by atoms with Crippen LogP contribution < -0.4 is 0 Å². The van der Waals surface area contributed by atoms with Gasteiger partial charge in [0, 0.05) is 34.6 Å². The zero-order valence-corrected chi connectivity index (χ0v) is 28.2. The van der Waals surface area contributed by atoms with Gasteiger partial charge in [-0.3, -0.25) is 4.98 Å². The number of nitrogens with zero attached hydrogens (tertiary/aromatic N) is 3. The Morgan fingerprint density at radius 3 is 1.56 bits per heavy atom. The number of pyridine rings is 1. The molecule has 0 aliphatic heterocycles. The molecule has 3 nitrogen and oxygen atoms in total. The predicted octanol–water partition coefficient (Wildman–Crippen LogP) is 12.8. The molecule has 0 atom stereocenters. The minimum Gasteiger partial charge on any atom is -0.264 e. The molecule has 0 fully saturated rings. The van der Waals surface area contributed by atoms with Gasteiger partial charge in [0.05, 0.1) is 11.4 Å². The molecule has 0 amide bonds. The maximum Gasteiger partial charge on any atom is 0.160 e. The van der Waals surface area contributed by atoms with Crippen LogP contribution in [0.2, 0.25) is 0 Å². The number of rotatable bonds is 5.